The Morgan fingerprint density at radius 3 is 2.17 bits per heavy atom. The molecule has 7 heteroatoms. The summed E-state index contributed by atoms with van der Waals surface area (Å²) in [5.74, 6) is -1.84. The summed E-state index contributed by atoms with van der Waals surface area (Å²) in [5.41, 5.74) is 0. The second-order valence-electron chi connectivity index (χ2n) is 2.41. The molecule has 0 aromatic heterocycles. The summed E-state index contributed by atoms with van der Waals surface area (Å²) in [6.45, 7) is 1.42. The average molecular weight is 196 g/mol. The van der Waals surface area contributed by atoms with E-state index in [9.17, 15) is 13.2 Å². The minimum atomic E-state index is -4.73. The van der Waals surface area contributed by atoms with Gasteiger partial charge in [0.2, 0.25) is 5.79 Å². The molecule has 1 fully saturated rings. The fourth-order valence-corrected chi connectivity index (χ4v) is 1.45. The fourth-order valence-electron chi connectivity index (χ4n) is 0.867. The summed E-state index contributed by atoms with van der Waals surface area (Å²) in [5, 5.41) is -1.47. The molecule has 0 unspecified atom stereocenters. The number of hydrogen-bond acceptors (Lipinski definition) is 5. The van der Waals surface area contributed by atoms with E-state index >= 15 is 0 Å². The van der Waals surface area contributed by atoms with E-state index in [1.807, 2.05) is 0 Å². The van der Waals surface area contributed by atoms with Gasteiger partial charge in [0.15, 0.2) is 0 Å². The highest BCUT2D eigenvalue weighted by Gasteiger charge is 2.46. The molecular formula is C5H8O6S. The van der Waals surface area contributed by atoms with Gasteiger partial charge in [-0.2, -0.15) is 8.42 Å². The highest BCUT2D eigenvalue weighted by molar-refractivity contribution is 8.01. The summed E-state index contributed by atoms with van der Waals surface area (Å²) >= 11 is 0. The Balaban J connectivity index is 2.90. The first kappa shape index (κ1) is 9.59. The molecule has 0 aromatic rings. The zero-order chi connectivity index (χ0) is 9.41. The molecule has 0 amide bonds. The lowest BCUT2D eigenvalue weighted by Gasteiger charge is -2.17. The van der Waals surface area contributed by atoms with Crippen LogP contribution in [0.2, 0.25) is 0 Å². The molecule has 0 spiro atoms. The molecule has 1 aliphatic rings. The van der Waals surface area contributed by atoms with Gasteiger partial charge in [-0.25, -0.2) is 0 Å². The first-order valence-corrected chi connectivity index (χ1v) is 4.60. The molecule has 1 aliphatic heterocycles. The third-order valence-electron chi connectivity index (χ3n) is 1.44. The maximum atomic E-state index is 10.9. The molecule has 0 aromatic carbocycles. The van der Waals surface area contributed by atoms with Gasteiger partial charge < -0.3 is 9.47 Å². The second-order valence-corrected chi connectivity index (χ2v) is 3.73. The van der Waals surface area contributed by atoms with Crippen LogP contribution in [0.1, 0.15) is 6.92 Å². The predicted molar refractivity (Wildman–Crippen MR) is 36.9 cm³/mol. The summed E-state index contributed by atoms with van der Waals surface area (Å²) in [6, 6.07) is 0. The standard InChI is InChI=1S/C5H8O6S/c1-5(10-2-3-11-5)4(6)12(7,8)9/h2-3H2,1H3,(H,7,8,9). The highest BCUT2D eigenvalue weighted by atomic mass is 32.2. The maximum Gasteiger partial charge on any atom is 0.334 e. The van der Waals surface area contributed by atoms with E-state index in [1.54, 1.807) is 0 Å². The Kier molecular flexibility index (Phi) is 2.21. The van der Waals surface area contributed by atoms with Crippen LogP contribution in [0.25, 0.3) is 0 Å². The number of hydrogen-bond donors (Lipinski definition) is 1. The van der Waals surface area contributed by atoms with Crippen LogP contribution in [0.4, 0.5) is 0 Å². The van der Waals surface area contributed by atoms with Crippen molar-refractivity contribution in [1.82, 2.24) is 0 Å². The first-order valence-electron chi connectivity index (χ1n) is 3.16. The van der Waals surface area contributed by atoms with Gasteiger partial charge in [0.1, 0.15) is 0 Å². The zero-order valence-corrected chi connectivity index (χ0v) is 7.13. The molecule has 6 nitrogen and oxygen atoms in total. The predicted octanol–water partition coefficient (Wildman–Crippen LogP) is -0.836. The SMILES string of the molecule is CC1(C(=O)S(=O)(=O)O)OCCO1. The highest BCUT2D eigenvalue weighted by Crippen LogP contribution is 2.21. The van der Waals surface area contributed by atoms with Crippen molar-refractivity contribution in [3.8, 4) is 0 Å². The van der Waals surface area contributed by atoms with Crippen LogP contribution in [0.15, 0.2) is 0 Å². The molecule has 12 heavy (non-hydrogen) atoms. The third kappa shape index (κ3) is 1.63. The van der Waals surface area contributed by atoms with Gasteiger partial charge in [-0.3, -0.25) is 9.35 Å². The van der Waals surface area contributed by atoms with Crippen molar-refractivity contribution < 1.29 is 27.2 Å². The minimum absolute atomic E-state index is 0.137. The quantitative estimate of drug-likeness (QED) is 0.550. The van der Waals surface area contributed by atoms with E-state index in [2.05, 4.69) is 0 Å². The van der Waals surface area contributed by atoms with Gasteiger partial charge in [-0.05, 0) is 6.92 Å². The van der Waals surface area contributed by atoms with Gasteiger partial charge in [-0.15, -0.1) is 0 Å². The number of rotatable bonds is 1. The normalized spacial score (nSPS) is 22.5. The summed E-state index contributed by atoms with van der Waals surface area (Å²) in [7, 11) is -4.73. The minimum Gasteiger partial charge on any atom is -0.340 e. The Labute approximate surface area is 69.2 Å². The first-order chi connectivity index (χ1) is 5.36. The van der Waals surface area contributed by atoms with Crippen LogP contribution in [0, 0.1) is 0 Å². The van der Waals surface area contributed by atoms with Gasteiger partial charge >= 0.3 is 15.2 Å². The largest absolute Gasteiger partial charge is 0.340 e. The number of ether oxygens (including phenoxy) is 2. The van der Waals surface area contributed by atoms with E-state index in [1.165, 1.54) is 0 Å². The van der Waals surface area contributed by atoms with Crippen LogP contribution in [0.3, 0.4) is 0 Å². The number of carbonyl (C=O) groups excluding carboxylic acids is 1. The van der Waals surface area contributed by atoms with Gasteiger partial charge in [0, 0.05) is 0 Å². The monoisotopic (exact) mass is 196 g/mol. The van der Waals surface area contributed by atoms with Gasteiger partial charge in [-0.1, -0.05) is 0 Å². The molecule has 1 heterocycles. The topological polar surface area (TPSA) is 89.9 Å². The summed E-state index contributed by atoms with van der Waals surface area (Å²) < 4.78 is 38.5. The van der Waals surface area contributed by atoms with Gasteiger partial charge in [0.25, 0.3) is 0 Å². The third-order valence-corrected chi connectivity index (χ3v) is 2.28. The lowest BCUT2D eigenvalue weighted by Crippen LogP contribution is -2.40. The second kappa shape index (κ2) is 2.77. The summed E-state index contributed by atoms with van der Waals surface area (Å²) in [4.78, 5) is 10.9. The van der Waals surface area contributed by atoms with Crippen LogP contribution >= 0.6 is 0 Å². The maximum absolute atomic E-state index is 10.9. The summed E-state index contributed by atoms with van der Waals surface area (Å²) in [6.07, 6.45) is 0. The molecule has 70 valence electrons. The van der Waals surface area contributed by atoms with Crippen molar-refractivity contribution in [3.63, 3.8) is 0 Å². The molecule has 0 atom stereocenters. The molecule has 1 saturated heterocycles. The zero-order valence-electron chi connectivity index (χ0n) is 6.31. The van der Waals surface area contributed by atoms with Crippen LogP contribution in [-0.2, 0) is 24.4 Å². The smallest absolute Gasteiger partial charge is 0.334 e. The van der Waals surface area contributed by atoms with Crippen molar-refractivity contribution in [2.75, 3.05) is 13.2 Å². The molecule has 0 saturated carbocycles. The number of carbonyl (C=O) groups is 1. The van der Waals surface area contributed by atoms with Crippen molar-refractivity contribution in [3.05, 3.63) is 0 Å². The van der Waals surface area contributed by atoms with E-state index in [-0.39, 0.29) is 13.2 Å². The van der Waals surface area contributed by atoms with E-state index in [0.29, 0.717) is 0 Å². The van der Waals surface area contributed by atoms with E-state index in [4.69, 9.17) is 14.0 Å². The van der Waals surface area contributed by atoms with Gasteiger partial charge in [0.05, 0.1) is 13.2 Å². The molecule has 1 rings (SSSR count). The van der Waals surface area contributed by atoms with Crippen molar-refractivity contribution in [1.29, 1.82) is 0 Å². The fraction of sp³-hybridized carbons (Fsp3) is 0.800. The van der Waals surface area contributed by atoms with Crippen molar-refractivity contribution >= 4 is 15.2 Å². The van der Waals surface area contributed by atoms with E-state index in [0.717, 1.165) is 6.92 Å². The Hall–Kier alpha value is -0.500. The molecule has 1 N–H and O–H groups in total. The molecule has 0 aliphatic carbocycles. The lowest BCUT2D eigenvalue weighted by atomic mass is 10.4. The molecular weight excluding hydrogens is 188 g/mol. The van der Waals surface area contributed by atoms with Crippen LogP contribution in [-0.4, -0.2) is 37.1 Å². The lowest BCUT2D eigenvalue weighted by molar-refractivity contribution is -0.165. The Morgan fingerprint density at radius 1 is 1.42 bits per heavy atom. The van der Waals surface area contributed by atoms with Crippen molar-refractivity contribution in [2.24, 2.45) is 0 Å². The molecule has 0 radical (unpaired) electrons. The van der Waals surface area contributed by atoms with E-state index < -0.39 is 21.0 Å². The Morgan fingerprint density at radius 2 is 1.83 bits per heavy atom. The van der Waals surface area contributed by atoms with Crippen molar-refractivity contribution in [2.45, 2.75) is 12.7 Å². The molecule has 0 bridgehead atoms. The Bertz CT molecular complexity index is 285. The average Bonchev–Trinajstić information content (AvgIpc) is 2.34. The van der Waals surface area contributed by atoms with Crippen LogP contribution < -0.4 is 0 Å². The van der Waals surface area contributed by atoms with Crippen LogP contribution in [0.5, 0.6) is 0 Å².